The lowest BCUT2D eigenvalue weighted by molar-refractivity contribution is 0.355. The number of aryl methyl sites for hydroxylation is 2. The molecule has 0 aliphatic carbocycles. The zero-order valence-corrected chi connectivity index (χ0v) is 20.5. The van der Waals surface area contributed by atoms with Gasteiger partial charge in [0.2, 0.25) is 5.88 Å². The Balaban J connectivity index is 0.00000306. The van der Waals surface area contributed by atoms with Crippen molar-refractivity contribution < 1.29 is 14.6 Å². The van der Waals surface area contributed by atoms with Crippen molar-refractivity contribution in [1.29, 1.82) is 0 Å². The molecule has 4 aromatic rings. The molecule has 33 heavy (non-hydrogen) atoms. The number of nitrogens with zero attached hydrogens (tertiary/aromatic N) is 2. The van der Waals surface area contributed by atoms with E-state index in [2.05, 4.69) is 42.3 Å². The second kappa shape index (κ2) is 10.1. The minimum atomic E-state index is 0. The number of rotatable bonds is 7. The molecule has 7 heteroatoms. The number of aromatic nitrogens is 2. The Kier molecular flexibility index (Phi) is 7.49. The summed E-state index contributed by atoms with van der Waals surface area (Å²) in [4.78, 5) is 9.36. The van der Waals surface area contributed by atoms with Gasteiger partial charge in [-0.3, -0.25) is 0 Å². The zero-order valence-electron chi connectivity index (χ0n) is 19.7. The fraction of sp³-hybridized carbons (Fsp3) is 0.308. The first-order valence-electron chi connectivity index (χ1n) is 10.8. The van der Waals surface area contributed by atoms with Crippen LogP contribution in [-0.4, -0.2) is 36.3 Å². The maximum Gasteiger partial charge on any atom is 0.215 e. The molecular weight excluding hydrogens is 438 g/mol. The third-order valence-electron chi connectivity index (χ3n) is 5.81. The molecule has 0 bridgehead atoms. The monoisotopic (exact) mass is 467 g/mol. The Bertz CT molecular complexity index is 1310. The number of anilines is 1. The molecule has 0 aliphatic heterocycles. The van der Waals surface area contributed by atoms with E-state index >= 15 is 0 Å². The number of nitrogens with one attached hydrogen (secondary N) is 1. The van der Waals surface area contributed by atoms with Crippen LogP contribution in [0.25, 0.3) is 21.7 Å². The van der Waals surface area contributed by atoms with Crippen molar-refractivity contribution in [2.75, 3.05) is 26.6 Å². The van der Waals surface area contributed by atoms with Gasteiger partial charge in [0.05, 0.1) is 25.4 Å². The average Bonchev–Trinajstić information content (AvgIpc) is 2.80. The molecular formula is C26H30ClN3O3. The van der Waals surface area contributed by atoms with Gasteiger partial charge in [0.1, 0.15) is 5.82 Å². The predicted octanol–water partition coefficient (Wildman–Crippen LogP) is 5.82. The van der Waals surface area contributed by atoms with Gasteiger partial charge in [-0.2, -0.15) is 0 Å². The number of benzene rings is 2. The van der Waals surface area contributed by atoms with Crippen LogP contribution in [0.1, 0.15) is 35.7 Å². The van der Waals surface area contributed by atoms with E-state index in [9.17, 15) is 5.11 Å². The minimum Gasteiger partial charge on any atom is -0.493 e. The summed E-state index contributed by atoms with van der Waals surface area (Å²) < 4.78 is 11.1. The first-order chi connectivity index (χ1) is 15.5. The third-order valence-corrected chi connectivity index (χ3v) is 5.81. The summed E-state index contributed by atoms with van der Waals surface area (Å²) >= 11 is 0. The first-order valence-corrected chi connectivity index (χ1v) is 10.8. The van der Waals surface area contributed by atoms with E-state index in [0.717, 1.165) is 57.2 Å². The molecule has 0 fully saturated rings. The largest absolute Gasteiger partial charge is 0.493 e. The van der Waals surface area contributed by atoms with Crippen LogP contribution in [0.5, 0.6) is 17.4 Å². The van der Waals surface area contributed by atoms with E-state index in [1.165, 1.54) is 5.56 Å². The molecule has 0 saturated heterocycles. The number of ether oxygens (including phenoxy) is 2. The summed E-state index contributed by atoms with van der Waals surface area (Å²) in [5, 5.41) is 17.1. The van der Waals surface area contributed by atoms with E-state index < -0.39 is 0 Å². The van der Waals surface area contributed by atoms with Crippen LogP contribution in [0.15, 0.2) is 36.4 Å². The highest BCUT2D eigenvalue weighted by molar-refractivity contribution is 5.92. The van der Waals surface area contributed by atoms with Crippen LogP contribution < -0.4 is 14.8 Å². The lowest BCUT2D eigenvalue weighted by atomic mass is 9.96. The molecule has 0 unspecified atom stereocenters. The van der Waals surface area contributed by atoms with Crippen molar-refractivity contribution in [1.82, 2.24) is 9.97 Å². The molecule has 0 amide bonds. The standard InChI is InChI=1S/C26H29N3O3.ClH/c1-6-7-22-19-14-24(32-5)23(31-4)13-18(19)20(26(30)29-22)12-17-11-16-10-15(2)8-9-21(16)28-25(17)27-3;/h8-11,13-14H,6-7,12H2,1-5H3,(H,27,28)(H,29,30);1H. The molecule has 0 saturated carbocycles. The van der Waals surface area contributed by atoms with Crippen LogP contribution in [0.4, 0.5) is 5.82 Å². The van der Waals surface area contributed by atoms with Gasteiger partial charge in [0, 0.05) is 29.8 Å². The molecule has 2 N–H and O–H groups in total. The highest BCUT2D eigenvalue weighted by atomic mass is 35.5. The molecule has 174 valence electrons. The summed E-state index contributed by atoms with van der Waals surface area (Å²) in [6.45, 7) is 4.17. The zero-order chi connectivity index (χ0) is 22.8. The molecule has 2 heterocycles. The van der Waals surface area contributed by atoms with Crippen molar-refractivity contribution in [3.8, 4) is 17.4 Å². The molecule has 0 spiro atoms. The van der Waals surface area contributed by atoms with Crippen molar-refractivity contribution >= 4 is 39.9 Å². The molecule has 0 atom stereocenters. The number of methoxy groups -OCH3 is 2. The Morgan fingerprint density at radius 3 is 2.30 bits per heavy atom. The van der Waals surface area contributed by atoms with Gasteiger partial charge in [-0.1, -0.05) is 25.0 Å². The molecule has 2 aromatic carbocycles. The SMILES string of the molecule is CCCc1nc(O)c(Cc2cc3cc(C)ccc3nc2NC)c2cc(OC)c(OC)cc12.Cl. The quantitative estimate of drug-likeness (QED) is 0.356. The maximum atomic E-state index is 11.0. The van der Waals surface area contributed by atoms with Crippen LogP contribution in [0, 0.1) is 6.92 Å². The highest BCUT2D eigenvalue weighted by Gasteiger charge is 2.19. The number of pyridine rings is 2. The summed E-state index contributed by atoms with van der Waals surface area (Å²) in [6.07, 6.45) is 2.16. The molecule has 2 aromatic heterocycles. The van der Waals surface area contributed by atoms with Crippen LogP contribution >= 0.6 is 12.4 Å². The third kappa shape index (κ3) is 4.62. The maximum absolute atomic E-state index is 11.0. The number of fused-ring (bicyclic) bond motifs is 2. The summed E-state index contributed by atoms with van der Waals surface area (Å²) in [6, 6.07) is 12.2. The van der Waals surface area contributed by atoms with Crippen molar-refractivity contribution in [3.05, 3.63) is 58.8 Å². The Hall–Kier alpha value is -3.25. The van der Waals surface area contributed by atoms with Gasteiger partial charge in [0.25, 0.3) is 0 Å². The summed E-state index contributed by atoms with van der Waals surface area (Å²) in [7, 11) is 5.10. The van der Waals surface area contributed by atoms with E-state index in [1.807, 2.05) is 25.2 Å². The summed E-state index contributed by atoms with van der Waals surface area (Å²) in [5.74, 6) is 2.09. The van der Waals surface area contributed by atoms with Gasteiger partial charge < -0.3 is 19.9 Å². The minimum absolute atomic E-state index is 0. The normalized spacial score (nSPS) is 10.8. The number of aromatic hydroxyl groups is 1. The molecule has 6 nitrogen and oxygen atoms in total. The smallest absolute Gasteiger partial charge is 0.215 e. The second-order valence-corrected chi connectivity index (χ2v) is 7.98. The average molecular weight is 468 g/mol. The fourth-order valence-corrected chi connectivity index (χ4v) is 4.23. The highest BCUT2D eigenvalue weighted by Crippen LogP contribution is 2.39. The first kappa shape index (κ1) is 24.4. The summed E-state index contributed by atoms with van der Waals surface area (Å²) in [5.41, 5.74) is 4.69. The van der Waals surface area contributed by atoms with Crippen molar-refractivity contribution in [3.63, 3.8) is 0 Å². The predicted molar refractivity (Wildman–Crippen MR) is 137 cm³/mol. The van der Waals surface area contributed by atoms with Gasteiger partial charge in [0.15, 0.2) is 11.5 Å². The Morgan fingerprint density at radius 2 is 1.67 bits per heavy atom. The van der Waals surface area contributed by atoms with E-state index in [-0.39, 0.29) is 18.3 Å². The lowest BCUT2D eigenvalue weighted by Gasteiger charge is -2.17. The molecule has 4 rings (SSSR count). The Labute approximate surface area is 200 Å². The molecule has 0 radical (unpaired) electrons. The van der Waals surface area contributed by atoms with Crippen LogP contribution in [0.3, 0.4) is 0 Å². The van der Waals surface area contributed by atoms with E-state index in [0.29, 0.717) is 17.9 Å². The Morgan fingerprint density at radius 1 is 0.970 bits per heavy atom. The van der Waals surface area contributed by atoms with E-state index in [1.54, 1.807) is 14.2 Å². The van der Waals surface area contributed by atoms with Gasteiger partial charge >= 0.3 is 0 Å². The van der Waals surface area contributed by atoms with Gasteiger partial charge in [-0.05, 0) is 54.6 Å². The topological polar surface area (TPSA) is 76.5 Å². The van der Waals surface area contributed by atoms with Crippen LogP contribution in [-0.2, 0) is 12.8 Å². The number of hydrogen-bond donors (Lipinski definition) is 2. The fourth-order valence-electron chi connectivity index (χ4n) is 4.23. The van der Waals surface area contributed by atoms with Crippen molar-refractivity contribution in [2.24, 2.45) is 0 Å². The number of halogens is 1. The van der Waals surface area contributed by atoms with Gasteiger partial charge in [-0.15, -0.1) is 12.4 Å². The second-order valence-electron chi connectivity index (χ2n) is 7.98. The van der Waals surface area contributed by atoms with E-state index in [4.69, 9.17) is 14.5 Å². The van der Waals surface area contributed by atoms with Gasteiger partial charge in [-0.25, -0.2) is 9.97 Å². The lowest BCUT2D eigenvalue weighted by Crippen LogP contribution is -2.04. The van der Waals surface area contributed by atoms with Crippen LogP contribution in [0.2, 0.25) is 0 Å². The number of hydrogen-bond acceptors (Lipinski definition) is 6. The van der Waals surface area contributed by atoms with Crippen molar-refractivity contribution in [2.45, 2.75) is 33.1 Å². The molecule has 0 aliphatic rings.